The molecule has 0 amide bonds. The van der Waals surface area contributed by atoms with Gasteiger partial charge in [0.05, 0.1) is 0 Å². The molecule has 0 bridgehead atoms. The molecule has 0 aromatic rings. The van der Waals surface area contributed by atoms with Crippen LogP contribution in [0.25, 0.3) is 0 Å². The average molecular weight is 178 g/mol. The molecule has 4 N–H and O–H groups in total. The molecular weight excluding hydrogens is 169 g/mol. The van der Waals surface area contributed by atoms with Crippen LogP contribution in [0, 0.1) is 0 Å². The molecule has 0 aliphatic heterocycles. The van der Waals surface area contributed by atoms with Crippen molar-refractivity contribution in [3.8, 4) is 0 Å². The van der Waals surface area contributed by atoms with E-state index in [0.717, 1.165) is 6.08 Å². The van der Waals surface area contributed by atoms with E-state index in [9.17, 15) is 13.2 Å². The normalized spacial score (nSPS) is 30.2. The third-order valence-electron chi connectivity index (χ3n) is 1.78. The van der Waals surface area contributed by atoms with E-state index < -0.39 is 11.7 Å². The molecule has 1 atom stereocenters. The minimum Gasteiger partial charge on any atom is -0.399 e. The number of allylic oxidation sites excluding steroid dienone is 1. The summed E-state index contributed by atoms with van der Waals surface area (Å²) in [6.07, 6.45) is -1.37. The van der Waals surface area contributed by atoms with Crippen LogP contribution in [0.15, 0.2) is 23.9 Å². The lowest BCUT2D eigenvalue weighted by atomic mass is 9.91. The molecule has 1 rings (SSSR count). The van der Waals surface area contributed by atoms with Crippen molar-refractivity contribution in [3.05, 3.63) is 23.9 Å². The molecule has 0 fully saturated rings. The van der Waals surface area contributed by atoms with Crippen molar-refractivity contribution in [1.82, 2.24) is 0 Å². The Morgan fingerprint density at radius 3 is 2.33 bits per heavy atom. The van der Waals surface area contributed by atoms with Gasteiger partial charge in [-0.15, -0.1) is 0 Å². The monoisotopic (exact) mass is 178 g/mol. The summed E-state index contributed by atoms with van der Waals surface area (Å²) in [6.45, 7) is 0. The Bertz CT molecular complexity index is 242. The Morgan fingerprint density at radius 2 is 2.00 bits per heavy atom. The van der Waals surface area contributed by atoms with Crippen LogP contribution in [0.4, 0.5) is 13.2 Å². The summed E-state index contributed by atoms with van der Waals surface area (Å²) in [5, 5.41) is 0. The van der Waals surface area contributed by atoms with Gasteiger partial charge in [-0.3, -0.25) is 0 Å². The Labute approximate surface area is 67.7 Å². The Kier molecular flexibility index (Phi) is 1.91. The summed E-state index contributed by atoms with van der Waals surface area (Å²) in [6, 6.07) is 0. The Balaban J connectivity index is 2.86. The predicted molar refractivity (Wildman–Crippen MR) is 39.0 cm³/mol. The highest BCUT2D eigenvalue weighted by molar-refractivity contribution is 5.28. The van der Waals surface area contributed by atoms with Crippen LogP contribution in [0.5, 0.6) is 0 Å². The summed E-state index contributed by atoms with van der Waals surface area (Å²) in [4.78, 5) is 0. The summed E-state index contributed by atoms with van der Waals surface area (Å²) in [5.74, 6) is 0. The molecule has 1 unspecified atom stereocenters. The third-order valence-corrected chi connectivity index (χ3v) is 1.78. The zero-order chi connectivity index (χ0) is 9.41. The van der Waals surface area contributed by atoms with Crippen LogP contribution in [-0.2, 0) is 0 Å². The molecule has 0 aromatic heterocycles. The minimum absolute atomic E-state index is 0.293. The molecule has 0 radical (unpaired) electrons. The quantitative estimate of drug-likeness (QED) is 0.582. The summed E-state index contributed by atoms with van der Waals surface area (Å²) in [7, 11) is 0. The van der Waals surface area contributed by atoms with Crippen molar-refractivity contribution in [2.75, 3.05) is 0 Å². The maximum atomic E-state index is 12.2. The van der Waals surface area contributed by atoms with E-state index in [1.807, 2.05) is 0 Å². The summed E-state index contributed by atoms with van der Waals surface area (Å²) >= 11 is 0. The fourth-order valence-corrected chi connectivity index (χ4v) is 0.878. The molecular formula is C7H9F3N2. The fraction of sp³-hybridized carbons (Fsp3) is 0.429. The van der Waals surface area contributed by atoms with Gasteiger partial charge in [-0.25, -0.2) is 0 Å². The van der Waals surface area contributed by atoms with Gasteiger partial charge in [0.1, 0.15) is 5.54 Å². The van der Waals surface area contributed by atoms with Crippen LogP contribution in [0.3, 0.4) is 0 Å². The summed E-state index contributed by atoms with van der Waals surface area (Å²) < 4.78 is 36.6. The number of hydrogen-bond donors (Lipinski definition) is 2. The Morgan fingerprint density at radius 1 is 1.42 bits per heavy atom. The van der Waals surface area contributed by atoms with Crippen molar-refractivity contribution in [1.29, 1.82) is 0 Å². The second-order valence-corrected chi connectivity index (χ2v) is 2.78. The molecule has 0 heterocycles. The minimum atomic E-state index is -4.42. The van der Waals surface area contributed by atoms with Crippen LogP contribution in [-0.4, -0.2) is 11.7 Å². The Hall–Kier alpha value is -0.970. The first-order valence-electron chi connectivity index (χ1n) is 3.36. The van der Waals surface area contributed by atoms with Gasteiger partial charge >= 0.3 is 6.18 Å². The lowest BCUT2D eigenvalue weighted by Crippen LogP contribution is -2.52. The number of rotatable bonds is 0. The van der Waals surface area contributed by atoms with E-state index in [2.05, 4.69) is 0 Å². The average Bonchev–Trinajstić information content (AvgIpc) is 1.93. The standard InChI is InChI=1S/C7H9F3N2/c8-7(9,10)6(12)3-1-5(11)2-4-6/h1-3H,4,11-12H2. The van der Waals surface area contributed by atoms with Crippen LogP contribution < -0.4 is 11.5 Å². The molecule has 1 aliphatic rings. The number of alkyl halides is 3. The SMILES string of the molecule is NC1=CCC(N)(C(F)(F)F)C=C1. The molecule has 0 saturated heterocycles. The van der Waals surface area contributed by atoms with Gasteiger partial charge in [-0.1, -0.05) is 12.2 Å². The van der Waals surface area contributed by atoms with Gasteiger partial charge < -0.3 is 11.5 Å². The highest BCUT2D eigenvalue weighted by atomic mass is 19.4. The third kappa shape index (κ3) is 1.45. The van der Waals surface area contributed by atoms with Crippen LogP contribution in [0.2, 0.25) is 0 Å². The molecule has 2 nitrogen and oxygen atoms in total. The fourth-order valence-electron chi connectivity index (χ4n) is 0.878. The number of halogens is 3. The van der Waals surface area contributed by atoms with E-state index in [1.54, 1.807) is 0 Å². The van der Waals surface area contributed by atoms with E-state index >= 15 is 0 Å². The molecule has 0 spiro atoms. The van der Waals surface area contributed by atoms with Gasteiger partial charge in [0.15, 0.2) is 0 Å². The zero-order valence-electron chi connectivity index (χ0n) is 6.23. The largest absolute Gasteiger partial charge is 0.410 e. The molecule has 1 aliphatic carbocycles. The molecule has 0 aromatic carbocycles. The van der Waals surface area contributed by atoms with Gasteiger partial charge in [0.25, 0.3) is 0 Å². The number of nitrogens with two attached hydrogens (primary N) is 2. The lowest BCUT2D eigenvalue weighted by molar-refractivity contribution is -0.170. The zero-order valence-corrected chi connectivity index (χ0v) is 6.23. The molecule has 5 heteroatoms. The van der Waals surface area contributed by atoms with E-state index in [4.69, 9.17) is 11.5 Å². The van der Waals surface area contributed by atoms with Crippen LogP contribution in [0.1, 0.15) is 6.42 Å². The van der Waals surface area contributed by atoms with Gasteiger partial charge in [0, 0.05) is 5.70 Å². The van der Waals surface area contributed by atoms with Crippen LogP contribution >= 0.6 is 0 Å². The highest BCUT2D eigenvalue weighted by Crippen LogP contribution is 2.34. The van der Waals surface area contributed by atoms with Gasteiger partial charge in [-0.05, 0) is 12.5 Å². The predicted octanol–water partition coefficient (Wildman–Crippen LogP) is 1.05. The lowest BCUT2D eigenvalue weighted by Gasteiger charge is -2.29. The first-order valence-corrected chi connectivity index (χ1v) is 3.36. The van der Waals surface area contributed by atoms with Crippen molar-refractivity contribution >= 4 is 0 Å². The first-order chi connectivity index (χ1) is 5.35. The van der Waals surface area contributed by atoms with E-state index in [-0.39, 0.29) is 6.42 Å². The smallest absolute Gasteiger partial charge is 0.399 e. The maximum Gasteiger partial charge on any atom is 0.410 e. The van der Waals surface area contributed by atoms with Gasteiger partial charge in [0.2, 0.25) is 0 Å². The van der Waals surface area contributed by atoms with Crippen molar-refractivity contribution in [3.63, 3.8) is 0 Å². The second-order valence-electron chi connectivity index (χ2n) is 2.78. The van der Waals surface area contributed by atoms with E-state index in [1.165, 1.54) is 12.2 Å². The van der Waals surface area contributed by atoms with Crippen molar-refractivity contribution in [2.45, 2.75) is 18.1 Å². The maximum absolute atomic E-state index is 12.2. The van der Waals surface area contributed by atoms with Crippen molar-refractivity contribution < 1.29 is 13.2 Å². The van der Waals surface area contributed by atoms with Crippen molar-refractivity contribution in [2.24, 2.45) is 11.5 Å². The first kappa shape index (κ1) is 9.12. The molecule has 12 heavy (non-hydrogen) atoms. The molecule has 68 valence electrons. The second kappa shape index (κ2) is 2.52. The molecule has 0 saturated carbocycles. The highest BCUT2D eigenvalue weighted by Gasteiger charge is 2.49. The summed E-state index contributed by atoms with van der Waals surface area (Å²) in [5.41, 5.74) is 8.42. The van der Waals surface area contributed by atoms with E-state index in [0.29, 0.717) is 5.70 Å². The van der Waals surface area contributed by atoms with Gasteiger partial charge in [-0.2, -0.15) is 13.2 Å². The topological polar surface area (TPSA) is 52.0 Å². The number of hydrogen-bond acceptors (Lipinski definition) is 2.